The molecule has 0 saturated heterocycles. The Morgan fingerprint density at radius 2 is 2.33 bits per heavy atom. The van der Waals surface area contributed by atoms with Crippen molar-refractivity contribution in [2.24, 2.45) is 0 Å². The predicted molar refractivity (Wildman–Crippen MR) is 85.5 cm³/mol. The zero-order valence-electron chi connectivity index (χ0n) is 13.2. The van der Waals surface area contributed by atoms with Crippen LogP contribution in [0.25, 0.3) is 0 Å². The van der Waals surface area contributed by atoms with Crippen LogP contribution in [0.3, 0.4) is 0 Å². The highest BCUT2D eigenvalue weighted by Crippen LogP contribution is 2.22. The van der Waals surface area contributed by atoms with Crippen molar-refractivity contribution in [2.75, 3.05) is 18.5 Å². The first-order valence-electron chi connectivity index (χ1n) is 7.39. The highest BCUT2D eigenvalue weighted by atomic mass is 19.1. The summed E-state index contributed by atoms with van der Waals surface area (Å²) in [4.78, 5) is 11.5. The Morgan fingerprint density at radius 3 is 3.00 bits per heavy atom. The minimum atomic E-state index is -0.454. The van der Waals surface area contributed by atoms with Crippen molar-refractivity contribution >= 4 is 11.6 Å². The number of halogens is 1. The fourth-order valence-electron chi connectivity index (χ4n) is 2.20. The molecule has 24 heavy (non-hydrogen) atoms. The number of anilines is 1. The van der Waals surface area contributed by atoms with Gasteiger partial charge in [-0.2, -0.15) is 10.4 Å². The van der Waals surface area contributed by atoms with Gasteiger partial charge in [-0.1, -0.05) is 6.07 Å². The highest BCUT2D eigenvalue weighted by molar-refractivity contribution is 5.75. The molecule has 3 N–H and O–H groups in total. The first kappa shape index (κ1) is 17.4. The van der Waals surface area contributed by atoms with Crippen LogP contribution in [-0.4, -0.2) is 33.9 Å². The number of amides is 1. The normalized spacial score (nSPS) is 11.6. The van der Waals surface area contributed by atoms with Crippen LogP contribution in [0.4, 0.5) is 10.1 Å². The maximum Gasteiger partial charge on any atom is 0.241 e. The topological polar surface area (TPSA) is 103 Å². The first-order valence-corrected chi connectivity index (χ1v) is 7.39. The molecule has 7 nitrogen and oxygen atoms in total. The monoisotopic (exact) mass is 331 g/mol. The summed E-state index contributed by atoms with van der Waals surface area (Å²) in [6, 6.07) is 5.88. The van der Waals surface area contributed by atoms with E-state index >= 15 is 0 Å². The molecule has 0 radical (unpaired) electrons. The Kier molecular flexibility index (Phi) is 5.87. The van der Waals surface area contributed by atoms with Gasteiger partial charge in [0.25, 0.3) is 0 Å². The molecule has 2 aromatic rings. The van der Waals surface area contributed by atoms with Crippen LogP contribution in [0.2, 0.25) is 0 Å². The largest absolute Gasteiger partial charge is 0.395 e. The molecule has 0 fully saturated rings. The van der Waals surface area contributed by atoms with Crippen molar-refractivity contribution in [1.29, 1.82) is 5.26 Å². The third kappa shape index (κ3) is 4.54. The summed E-state index contributed by atoms with van der Waals surface area (Å²) in [7, 11) is 0. The molecule has 1 unspecified atom stereocenters. The number of aliphatic hydroxyl groups is 1. The smallest absolute Gasteiger partial charge is 0.241 e. The lowest BCUT2D eigenvalue weighted by Gasteiger charge is -2.15. The van der Waals surface area contributed by atoms with Crippen molar-refractivity contribution in [1.82, 2.24) is 15.1 Å². The van der Waals surface area contributed by atoms with E-state index in [-0.39, 0.29) is 37.2 Å². The summed E-state index contributed by atoms with van der Waals surface area (Å²) in [6.07, 6.45) is 3.17. The third-order valence-corrected chi connectivity index (χ3v) is 3.35. The standard InChI is InChI=1S/C16H18FN5O2/c1-11(14-3-2-12(7-18)6-15(14)17)21-13-8-20-22(9-13)10-16(24)19-4-5-23/h2-3,6,8-9,11,21,23H,4-5,10H2,1H3,(H,19,24). The van der Waals surface area contributed by atoms with Gasteiger partial charge < -0.3 is 15.7 Å². The number of hydrogen-bond donors (Lipinski definition) is 3. The van der Waals surface area contributed by atoms with Gasteiger partial charge >= 0.3 is 0 Å². The number of nitrogens with zero attached hydrogens (tertiary/aromatic N) is 3. The lowest BCUT2D eigenvalue weighted by Crippen LogP contribution is -2.30. The number of aliphatic hydroxyl groups excluding tert-OH is 1. The van der Waals surface area contributed by atoms with E-state index in [2.05, 4.69) is 15.7 Å². The molecular weight excluding hydrogens is 313 g/mol. The molecule has 2 rings (SSSR count). The first-order chi connectivity index (χ1) is 11.5. The number of nitriles is 1. The SMILES string of the molecule is CC(Nc1cnn(CC(=O)NCCO)c1)c1ccc(C#N)cc1F. The van der Waals surface area contributed by atoms with E-state index < -0.39 is 5.82 Å². The van der Waals surface area contributed by atoms with Gasteiger partial charge in [0.1, 0.15) is 12.4 Å². The molecule has 1 atom stereocenters. The lowest BCUT2D eigenvalue weighted by atomic mass is 10.1. The summed E-state index contributed by atoms with van der Waals surface area (Å²) in [5.74, 6) is -0.713. The molecular formula is C16H18FN5O2. The molecule has 0 saturated carbocycles. The van der Waals surface area contributed by atoms with Gasteiger partial charge in [-0.15, -0.1) is 0 Å². The summed E-state index contributed by atoms with van der Waals surface area (Å²) >= 11 is 0. The van der Waals surface area contributed by atoms with E-state index in [1.807, 2.05) is 6.07 Å². The van der Waals surface area contributed by atoms with Crippen molar-refractivity contribution in [2.45, 2.75) is 19.5 Å². The van der Waals surface area contributed by atoms with Crippen LogP contribution in [0.15, 0.2) is 30.6 Å². The number of carbonyl (C=O) groups excluding carboxylic acids is 1. The van der Waals surface area contributed by atoms with E-state index in [4.69, 9.17) is 10.4 Å². The van der Waals surface area contributed by atoms with Crippen LogP contribution < -0.4 is 10.6 Å². The molecule has 1 amide bonds. The molecule has 1 aromatic heterocycles. The van der Waals surface area contributed by atoms with Gasteiger partial charge in [0.2, 0.25) is 5.91 Å². The zero-order chi connectivity index (χ0) is 17.5. The van der Waals surface area contributed by atoms with Crippen LogP contribution in [0.5, 0.6) is 0 Å². The molecule has 0 bridgehead atoms. The lowest BCUT2D eigenvalue weighted by molar-refractivity contribution is -0.122. The number of nitrogens with one attached hydrogen (secondary N) is 2. The maximum absolute atomic E-state index is 14.0. The fourth-order valence-corrected chi connectivity index (χ4v) is 2.20. The quantitative estimate of drug-likeness (QED) is 0.707. The Hall–Kier alpha value is -2.92. The fraction of sp³-hybridized carbons (Fsp3) is 0.312. The predicted octanol–water partition coefficient (Wildman–Crippen LogP) is 1.18. The van der Waals surface area contributed by atoms with E-state index in [9.17, 15) is 9.18 Å². The van der Waals surface area contributed by atoms with E-state index in [1.54, 1.807) is 25.3 Å². The molecule has 0 spiro atoms. The van der Waals surface area contributed by atoms with Gasteiger partial charge in [0.15, 0.2) is 0 Å². The second-order valence-electron chi connectivity index (χ2n) is 5.21. The summed E-state index contributed by atoms with van der Waals surface area (Å²) in [5.41, 5.74) is 1.34. The van der Waals surface area contributed by atoms with Crippen molar-refractivity contribution in [3.8, 4) is 6.07 Å². The summed E-state index contributed by atoms with van der Waals surface area (Å²) in [6.45, 7) is 1.89. The average Bonchev–Trinajstić information content (AvgIpc) is 2.99. The van der Waals surface area contributed by atoms with Gasteiger partial charge in [0.05, 0.1) is 36.2 Å². The molecule has 8 heteroatoms. The number of carbonyl (C=O) groups is 1. The number of benzene rings is 1. The number of aromatic nitrogens is 2. The molecule has 0 aliphatic heterocycles. The number of rotatable bonds is 7. The molecule has 126 valence electrons. The minimum Gasteiger partial charge on any atom is -0.395 e. The second kappa shape index (κ2) is 8.08. The Morgan fingerprint density at radius 1 is 1.54 bits per heavy atom. The Balaban J connectivity index is 1.99. The Labute approximate surface area is 138 Å². The van der Waals surface area contributed by atoms with Crippen LogP contribution in [0, 0.1) is 17.1 Å². The zero-order valence-corrected chi connectivity index (χ0v) is 13.2. The van der Waals surface area contributed by atoms with E-state index in [1.165, 1.54) is 16.9 Å². The minimum absolute atomic E-state index is 0.0291. The van der Waals surface area contributed by atoms with Crippen molar-refractivity contribution in [3.63, 3.8) is 0 Å². The summed E-state index contributed by atoms with van der Waals surface area (Å²) in [5, 5.41) is 27.1. The van der Waals surface area contributed by atoms with Crippen molar-refractivity contribution < 1.29 is 14.3 Å². The average molecular weight is 331 g/mol. The molecule has 0 aliphatic carbocycles. The summed E-state index contributed by atoms with van der Waals surface area (Å²) < 4.78 is 15.4. The highest BCUT2D eigenvalue weighted by Gasteiger charge is 2.13. The van der Waals surface area contributed by atoms with E-state index in [0.29, 0.717) is 11.3 Å². The molecule has 1 aromatic carbocycles. The molecule has 0 aliphatic rings. The van der Waals surface area contributed by atoms with Gasteiger partial charge in [-0.05, 0) is 19.1 Å². The van der Waals surface area contributed by atoms with Gasteiger partial charge in [0, 0.05) is 18.3 Å². The maximum atomic E-state index is 14.0. The molecule has 1 heterocycles. The number of hydrogen-bond acceptors (Lipinski definition) is 5. The second-order valence-corrected chi connectivity index (χ2v) is 5.21. The van der Waals surface area contributed by atoms with Crippen LogP contribution in [-0.2, 0) is 11.3 Å². The Bertz CT molecular complexity index is 753. The third-order valence-electron chi connectivity index (χ3n) is 3.35. The van der Waals surface area contributed by atoms with Crippen molar-refractivity contribution in [3.05, 3.63) is 47.5 Å². The van der Waals surface area contributed by atoms with Gasteiger partial charge in [-0.25, -0.2) is 4.39 Å². The van der Waals surface area contributed by atoms with Gasteiger partial charge in [-0.3, -0.25) is 9.48 Å². The van der Waals surface area contributed by atoms with Crippen LogP contribution >= 0.6 is 0 Å². The van der Waals surface area contributed by atoms with Crippen LogP contribution in [0.1, 0.15) is 24.1 Å². The van der Waals surface area contributed by atoms with E-state index in [0.717, 1.165) is 0 Å².